The van der Waals surface area contributed by atoms with E-state index in [-0.39, 0.29) is 13.2 Å². The number of nitriles is 1. The molecule has 1 atom stereocenters. The van der Waals surface area contributed by atoms with Gasteiger partial charge < -0.3 is 29.0 Å². The number of hydrogen-bond acceptors (Lipinski definition) is 6. The van der Waals surface area contributed by atoms with Crippen molar-refractivity contribution < 1.29 is 28.8 Å². The summed E-state index contributed by atoms with van der Waals surface area (Å²) in [6, 6.07) is 9.96. The van der Waals surface area contributed by atoms with E-state index >= 15 is 0 Å². The number of aromatic nitrogens is 1. The largest absolute Gasteiger partial charge is 0.481 e. The van der Waals surface area contributed by atoms with Gasteiger partial charge in [0.2, 0.25) is 6.79 Å². The fourth-order valence-electron chi connectivity index (χ4n) is 5.31. The monoisotopic (exact) mass is 476 g/mol. The van der Waals surface area contributed by atoms with Crippen LogP contribution in [0.1, 0.15) is 59.7 Å². The summed E-state index contributed by atoms with van der Waals surface area (Å²) in [6.07, 6.45) is 1.89. The Balaban J connectivity index is 1.47. The number of carbonyl (C=O) groups is 1. The third-order valence-electron chi connectivity index (χ3n) is 6.91. The molecule has 1 unspecified atom stereocenters. The molecule has 0 fully saturated rings. The van der Waals surface area contributed by atoms with Gasteiger partial charge in [0.25, 0.3) is 0 Å². The zero-order valence-electron chi connectivity index (χ0n) is 19.9. The minimum Gasteiger partial charge on any atom is -0.481 e. The number of carboxylic acids is 1. The second-order valence-electron chi connectivity index (χ2n) is 9.14. The van der Waals surface area contributed by atoms with Crippen molar-refractivity contribution in [2.24, 2.45) is 0 Å². The molecule has 182 valence electrons. The lowest BCUT2D eigenvalue weighted by molar-refractivity contribution is -0.149. The van der Waals surface area contributed by atoms with Crippen LogP contribution in [0.2, 0.25) is 0 Å². The third kappa shape index (κ3) is 4.11. The van der Waals surface area contributed by atoms with Crippen LogP contribution in [0.4, 0.5) is 0 Å². The van der Waals surface area contributed by atoms with Crippen LogP contribution in [0, 0.1) is 18.3 Å². The van der Waals surface area contributed by atoms with Gasteiger partial charge in [-0.2, -0.15) is 5.26 Å². The summed E-state index contributed by atoms with van der Waals surface area (Å²) in [6.45, 7) is 5.41. The number of aromatic amines is 1. The Morgan fingerprint density at radius 1 is 1.26 bits per heavy atom. The topological polar surface area (TPSA) is 114 Å². The van der Waals surface area contributed by atoms with Gasteiger partial charge in [-0.15, -0.1) is 0 Å². The third-order valence-corrected chi connectivity index (χ3v) is 6.91. The number of benzene rings is 2. The molecule has 0 radical (unpaired) electrons. The second-order valence-corrected chi connectivity index (χ2v) is 9.14. The number of aliphatic carboxylic acids is 1. The smallest absolute Gasteiger partial charge is 0.306 e. The van der Waals surface area contributed by atoms with Crippen molar-refractivity contribution >= 4 is 16.9 Å². The number of rotatable bonds is 8. The van der Waals surface area contributed by atoms with Gasteiger partial charge in [-0.25, -0.2) is 0 Å². The van der Waals surface area contributed by atoms with Gasteiger partial charge in [0.15, 0.2) is 11.5 Å². The first-order valence-corrected chi connectivity index (χ1v) is 11.9. The number of nitrogens with zero attached hydrogens (tertiary/aromatic N) is 1. The molecule has 0 saturated carbocycles. The van der Waals surface area contributed by atoms with Crippen molar-refractivity contribution in [3.8, 4) is 17.6 Å². The average molecular weight is 477 g/mol. The first kappa shape index (κ1) is 23.2. The number of nitrogens with one attached hydrogen (secondary N) is 1. The number of carboxylic acid groups (broad SMARTS) is 1. The van der Waals surface area contributed by atoms with E-state index < -0.39 is 11.6 Å². The average Bonchev–Trinajstić information content (AvgIpc) is 3.46. The van der Waals surface area contributed by atoms with Gasteiger partial charge >= 0.3 is 5.97 Å². The van der Waals surface area contributed by atoms with E-state index in [1.54, 1.807) is 0 Å². The van der Waals surface area contributed by atoms with Crippen molar-refractivity contribution in [2.45, 2.75) is 58.3 Å². The van der Waals surface area contributed by atoms with Crippen molar-refractivity contribution in [1.82, 2.24) is 4.98 Å². The summed E-state index contributed by atoms with van der Waals surface area (Å²) < 4.78 is 22.9. The molecule has 0 spiro atoms. The number of fused-ring (bicyclic) bond motifs is 4. The molecule has 3 heterocycles. The van der Waals surface area contributed by atoms with Gasteiger partial charge in [0, 0.05) is 5.39 Å². The molecule has 2 aliphatic heterocycles. The lowest BCUT2D eigenvalue weighted by Gasteiger charge is -2.36. The van der Waals surface area contributed by atoms with Crippen LogP contribution in [-0.4, -0.2) is 29.5 Å². The molecule has 2 N–H and O–H groups in total. The molecular weight excluding hydrogens is 448 g/mol. The van der Waals surface area contributed by atoms with E-state index in [0.29, 0.717) is 44.0 Å². The lowest BCUT2D eigenvalue weighted by Crippen LogP contribution is -2.37. The van der Waals surface area contributed by atoms with Crippen LogP contribution in [0.3, 0.4) is 0 Å². The predicted molar refractivity (Wildman–Crippen MR) is 127 cm³/mol. The zero-order valence-corrected chi connectivity index (χ0v) is 19.9. The van der Waals surface area contributed by atoms with E-state index in [1.807, 2.05) is 38.1 Å². The SMILES string of the molecule is CCCC1(CC(=O)O)OCCc2c1[nH]c1c(C)c(COCc3ccc4c(c3)OCO4)cc(C#N)c21. The molecule has 0 bridgehead atoms. The predicted octanol–water partition coefficient (Wildman–Crippen LogP) is 4.84. The lowest BCUT2D eigenvalue weighted by atomic mass is 9.84. The second kappa shape index (κ2) is 9.25. The van der Waals surface area contributed by atoms with Gasteiger partial charge in [-0.1, -0.05) is 19.4 Å². The van der Waals surface area contributed by atoms with Gasteiger partial charge in [-0.05, 0) is 60.2 Å². The van der Waals surface area contributed by atoms with Crippen LogP contribution in [-0.2, 0) is 39.5 Å². The van der Waals surface area contributed by atoms with Crippen molar-refractivity contribution in [1.29, 1.82) is 5.26 Å². The Morgan fingerprint density at radius 2 is 2.09 bits per heavy atom. The minimum atomic E-state index is -0.914. The molecule has 8 nitrogen and oxygen atoms in total. The molecule has 0 amide bonds. The quantitative estimate of drug-likeness (QED) is 0.478. The van der Waals surface area contributed by atoms with Crippen LogP contribution >= 0.6 is 0 Å². The van der Waals surface area contributed by atoms with Crippen LogP contribution in [0.25, 0.3) is 10.9 Å². The Bertz CT molecular complexity index is 1340. The van der Waals surface area contributed by atoms with Crippen LogP contribution < -0.4 is 9.47 Å². The highest BCUT2D eigenvalue weighted by Gasteiger charge is 2.42. The van der Waals surface area contributed by atoms with Crippen LogP contribution in [0.15, 0.2) is 24.3 Å². The first-order valence-electron chi connectivity index (χ1n) is 11.9. The van der Waals surface area contributed by atoms with Crippen molar-refractivity contribution in [2.75, 3.05) is 13.4 Å². The molecule has 5 rings (SSSR count). The molecule has 1 aromatic heterocycles. The Labute approximate surface area is 203 Å². The minimum absolute atomic E-state index is 0.118. The normalized spacial score (nSPS) is 18.4. The molecule has 2 aliphatic rings. The summed E-state index contributed by atoms with van der Waals surface area (Å²) in [5.41, 5.74) is 5.16. The Hall–Kier alpha value is -3.54. The summed E-state index contributed by atoms with van der Waals surface area (Å²) >= 11 is 0. The van der Waals surface area contributed by atoms with E-state index in [1.165, 1.54) is 0 Å². The number of H-pyrrole nitrogens is 1. The van der Waals surface area contributed by atoms with E-state index in [0.717, 1.165) is 51.0 Å². The molecule has 0 aliphatic carbocycles. The fraction of sp³-hybridized carbons (Fsp3) is 0.407. The molecule has 3 aromatic rings. The molecule has 35 heavy (non-hydrogen) atoms. The number of aryl methyl sites for hydroxylation is 1. The highest BCUT2D eigenvalue weighted by atomic mass is 16.7. The van der Waals surface area contributed by atoms with Gasteiger partial charge in [0.1, 0.15) is 5.60 Å². The van der Waals surface area contributed by atoms with Crippen molar-refractivity contribution in [3.05, 3.63) is 57.8 Å². The zero-order chi connectivity index (χ0) is 24.6. The van der Waals surface area contributed by atoms with Gasteiger partial charge in [0.05, 0.1) is 49.1 Å². The first-order chi connectivity index (χ1) is 17.0. The standard InChI is InChI=1S/C27H28N2O6/c1-3-7-27(11-23(30)31)26-20(6-8-35-27)24-18(12-28)10-19(16(2)25(24)29-26)14-32-13-17-4-5-21-22(9-17)34-15-33-21/h4-5,9-10,29H,3,6-8,11,13-15H2,1-2H3,(H,30,31). The Morgan fingerprint density at radius 3 is 2.86 bits per heavy atom. The van der Waals surface area contributed by atoms with Crippen molar-refractivity contribution in [3.63, 3.8) is 0 Å². The maximum absolute atomic E-state index is 11.7. The van der Waals surface area contributed by atoms with Crippen LogP contribution in [0.5, 0.6) is 11.5 Å². The summed E-state index contributed by atoms with van der Waals surface area (Å²) in [7, 11) is 0. The summed E-state index contributed by atoms with van der Waals surface area (Å²) in [5, 5.41) is 20.5. The number of hydrogen-bond donors (Lipinski definition) is 2. The molecule has 0 saturated heterocycles. The van der Waals surface area contributed by atoms with Gasteiger partial charge in [-0.3, -0.25) is 4.79 Å². The highest BCUT2D eigenvalue weighted by Crippen LogP contribution is 2.44. The van der Waals surface area contributed by atoms with E-state index in [4.69, 9.17) is 18.9 Å². The highest BCUT2D eigenvalue weighted by molar-refractivity contribution is 5.94. The molecule has 8 heteroatoms. The van der Waals surface area contributed by atoms with E-state index in [9.17, 15) is 15.2 Å². The summed E-state index contributed by atoms with van der Waals surface area (Å²) in [4.78, 5) is 15.2. The molecule has 2 aromatic carbocycles. The molecular formula is C27H28N2O6. The van der Waals surface area contributed by atoms with E-state index in [2.05, 4.69) is 11.1 Å². The number of ether oxygens (including phenoxy) is 4. The Kier molecular flexibility index (Phi) is 6.13. The summed E-state index contributed by atoms with van der Waals surface area (Å²) in [5.74, 6) is 0.543. The maximum atomic E-state index is 11.7. The maximum Gasteiger partial charge on any atom is 0.306 e. The fourth-order valence-corrected chi connectivity index (χ4v) is 5.31.